The minimum absolute atomic E-state index is 0.00696. The fourth-order valence-corrected chi connectivity index (χ4v) is 13.4. The van der Waals surface area contributed by atoms with E-state index in [-0.39, 0.29) is 94.9 Å². The minimum Gasteiger partial charge on any atom is -0.480 e. The van der Waals surface area contributed by atoms with Gasteiger partial charge in [-0.2, -0.15) is 11.8 Å². The van der Waals surface area contributed by atoms with Crippen LogP contribution in [0, 0.1) is 5.92 Å². The summed E-state index contributed by atoms with van der Waals surface area (Å²) in [7, 11) is -4.06. The van der Waals surface area contributed by atoms with Gasteiger partial charge in [-0.05, 0) is 162 Å². The normalized spacial score (nSPS) is 12.6. The Balaban J connectivity index is 1.50. The zero-order valence-corrected chi connectivity index (χ0v) is 64.0. The highest BCUT2D eigenvalue weighted by Gasteiger charge is 2.35. The molecule has 9 amide bonds. The van der Waals surface area contributed by atoms with Gasteiger partial charge in [0.2, 0.25) is 63.2 Å². The number of carbonyl (C=O) groups is 10. The van der Waals surface area contributed by atoms with Gasteiger partial charge in [-0.15, -0.1) is 0 Å². The summed E-state index contributed by atoms with van der Waals surface area (Å²) in [5.41, 5.74) is 20.7. The number of nitrogens with zero attached hydrogens (tertiary/aromatic N) is 8. The fraction of sp³-hybridized carbons (Fsp3) is 0.558. The molecule has 0 radical (unpaired) electrons. The van der Waals surface area contributed by atoms with Gasteiger partial charge in [-0.3, -0.25) is 43.2 Å². The number of nitrogens with one attached hydrogen (secondary N) is 2. The predicted octanol–water partition coefficient (Wildman–Crippen LogP) is 3.35. The number of amides is 9. The van der Waals surface area contributed by atoms with Crippen LogP contribution in [0.25, 0.3) is 0 Å². The Labute approximate surface area is 631 Å². The van der Waals surface area contributed by atoms with Crippen LogP contribution in [0.5, 0.6) is 0 Å². The van der Waals surface area contributed by atoms with E-state index in [1.54, 1.807) is 6.26 Å². The topological polar surface area (TPSA) is 379 Å². The van der Waals surface area contributed by atoms with Crippen LogP contribution in [0.15, 0.2) is 120 Å². The lowest BCUT2D eigenvalue weighted by atomic mass is 9.94. The molecule has 4 aromatic rings. The van der Waals surface area contributed by atoms with Crippen molar-refractivity contribution < 1.29 is 61.5 Å². The van der Waals surface area contributed by atoms with Crippen molar-refractivity contribution in [2.45, 2.75) is 134 Å². The number of hydrogen-bond donors (Lipinski definition) is 7. The average molecular weight is 1510 g/mol. The van der Waals surface area contributed by atoms with E-state index >= 15 is 24.0 Å². The van der Waals surface area contributed by atoms with E-state index in [1.807, 2.05) is 105 Å². The first-order valence-electron chi connectivity index (χ1n) is 37.2. The molecule has 29 heteroatoms. The molecule has 0 spiro atoms. The monoisotopic (exact) mass is 1510 g/mol. The molecule has 4 aromatic carbocycles. The summed E-state index contributed by atoms with van der Waals surface area (Å²) < 4.78 is 24.4. The van der Waals surface area contributed by atoms with E-state index in [2.05, 4.69) is 10.6 Å². The summed E-state index contributed by atoms with van der Waals surface area (Å²) in [5, 5.41) is 21.0. The van der Waals surface area contributed by atoms with Gasteiger partial charge in [0.15, 0.2) is 0 Å². The predicted molar refractivity (Wildman–Crippen MR) is 412 cm³/mol. The molecule has 1 fully saturated rings. The number of carbonyl (C=O) groups excluding carboxylic acids is 9. The Morgan fingerprint density at radius 3 is 1.25 bits per heavy atom. The Hall–Kier alpha value is -8.32. The number of unbranched alkanes of at least 4 members (excludes halogenated alkanes) is 3. The van der Waals surface area contributed by atoms with Crippen molar-refractivity contribution in [1.82, 2.24) is 49.8 Å². The van der Waals surface area contributed by atoms with Crippen molar-refractivity contribution in [1.29, 1.82) is 0 Å². The van der Waals surface area contributed by atoms with E-state index < -0.39 is 121 Å². The quantitative estimate of drug-likeness (QED) is 0.0312. The second-order valence-electron chi connectivity index (χ2n) is 27.4. The van der Waals surface area contributed by atoms with Crippen LogP contribution in [-0.4, -0.2) is 267 Å². The summed E-state index contributed by atoms with van der Waals surface area (Å²) in [6.45, 7) is 2.15. The summed E-state index contributed by atoms with van der Waals surface area (Å²) in [6, 6.07) is 32.2. The molecule has 1 aliphatic rings. The van der Waals surface area contributed by atoms with E-state index in [4.69, 9.17) is 22.3 Å². The van der Waals surface area contributed by atoms with Crippen LogP contribution in [-0.2, 0) is 83.7 Å². The molecule has 1 atom stereocenters. The third kappa shape index (κ3) is 33.2. The molecule has 27 nitrogen and oxygen atoms in total. The summed E-state index contributed by atoms with van der Waals surface area (Å²) in [4.78, 5) is 156. The number of carboxylic acid groups (broad SMARTS) is 1. The number of benzene rings is 4. The third-order valence-electron chi connectivity index (χ3n) is 18.5. The van der Waals surface area contributed by atoms with Crippen molar-refractivity contribution >= 4 is 80.9 Å². The smallest absolute Gasteiger partial charge is 0.326 e. The molecule has 11 N–H and O–H groups in total. The first-order valence-corrected chi connectivity index (χ1v) is 40.2. The fourth-order valence-electron chi connectivity index (χ4n) is 12.4. The molecule has 1 aliphatic carbocycles. The summed E-state index contributed by atoms with van der Waals surface area (Å²) in [6.07, 6.45) is 9.91. The summed E-state index contributed by atoms with van der Waals surface area (Å²) >= 11 is 1.41. The minimum atomic E-state index is -4.06. The number of sulfonamides is 1. The Morgan fingerprint density at radius 2 is 0.849 bits per heavy atom. The Bertz CT molecular complexity index is 3470. The Kier molecular flexibility index (Phi) is 40.7. The first kappa shape index (κ1) is 88.3. The lowest BCUT2D eigenvalue weighted by Gasteiger charge is -2.37. The highest BCUT2D eigenvalue weighted by molar-refractivity contribution is 7.98. The molecule has 0 aliphatic heterocycles. The molecule has 1 unspecified atom stereocenters. The van der Waals surface area contributed by atoms with Crippen molar-refractivity contribution in [2.24, 2.45) is 28.3 Å². The van der Waals surface area contributed by atoms with Crippen LogP contribution in [0.3, 0.4) is 0 Å². The van der Waals surface area contributed by atoms with Gasteiger partial charge in [0.1, 0.15) is 12.6 Å². The van der Waals surface area contributed by atoms with Gasteiger partial charge in [0, 0.05) is 51.9 Å². The molecular weight excluding hydrogens is 1390 g/mol. The van der Waals surface area contributed by atoms with Crippen molar-refractivity contribution in [3.63, 3.8) is 0 Å². The second kappa shape index (κ2) is 48.8. The molecule has 0 aromatic heterocycles. The Morgan fingerprint density at radius 1 is 0.472 bits per heavy atom. The number of carboxylic acids is 1. The first-order chi connectivity index (χ1) is 50.9. The van der Waals surface area contributed by atoms with Gasteiger partial charge in [0.25, 0.3) is 0 Å². The van der Waals surface area contributed by atoms with Gasteiger partial charge >= 0.3 is 5.97 Å². The molecule has 0 bridgehead atoms. The van der Waals surface area contributed by atoms with Crippen LogP contribution < -0.4 is 33.0 Å². The van der Waals surface area contributed by atoms with Crippen molar-refractivity contribution in [3.8, 4) is 0 Å². The van der Waals surface area contributed by atoms with E-state index in [9.17, 15) is 37.5 Å². The molecule has 0 saturated heterocycles. The molecule has 1 saturated carbocycles. The SMILES string of the molecule is CSCCC(NC(=O)CN(CCCCN)C(=O)CN(CCc1ccc(S(N)(=O)=O)cc1)C(=O)CN(CCc1ccccc1)C(=O)CN(CCc1ccccc1)C(=O)CN(C(=O)CN(CCCCN)C(=O)CN(CCc1ccccc1)C(=O)CN(CC(C)C)C(=O)CNCCCCN)C1CCCCC1)C(=O)O. The average Bonchev–Trinajstić information content (AvgIpc) is 0.842. The van der Waals surface area contributed by atoms with Gasteiger partial charge < -0.3 is 72.1 Å². The maximum absolute atomic E-state index is 15.5. The van der Waals surface area contributed by atoms with Gasteiger partial charge in [-0.25, -0.2) is 18.4 Å². The van der Waals surface area contributed by atoms with Gasteiger partial charge in [0.05, 0.1) is 57.3 Å². The standard InChI is InChI=1S/C77H116N14O13S2/c1-60(2)51-90(69(93)50-82-42-19-16-39-78)57-74(98)88(46-35-62-24-10-5-11-25-62)54-71(95)85(44-21-18-41-80)58-76(100)91(65-28-14-7-15-29-65)59-75(99)89(47-36-63-26-12-6-13-27-63)56-73(97)86(45-34-61-22-8-4-9-23-61)55-72(96)87(48-37-64-30-32-66(33-31-64)106(81,103)104)53-70(94)84(43-20-17-40-79)52-68(92)83-67(77(101)102)38-49-105-3/h4-6,8-13,22-27,30-33,60,65,67,82H,7,14-21,28-29,34-59,78-80H2,1-3H3,(H,83,92)(H,101,102)(H2,81,103,104). The largest absolute Gasteiger partial charge is 0.480 e. The molecule has 106 heavy (non-hydrogen) atoms. The van der Waals surface area contributed by atoms with Crippen LogP contribution >= 0.6 is 11.8 Å². The maximum atomic E-state index is 15.5. The lowest BCUT2D eigenvalue weighted by Crippen LogP contribution is -2.55. The number of thioether (sulfide) groups is 1. The highest BCUT2D eigenvalue weighted by Crippen LogP contribution is 2.24. The zero-order valence-electron chi connectivity index (χ0n) is 62.4. The lowest BCUT2D eigenvalue weighted by molar-refractivity contribution is -0.150. The molecule has 0 heterocycles. The van der Waals surface area contributed by atoms with E-state index in [1.165, 1.54) is 75.2 Å². The van der Waals surface area contributed by atoms with Crippen LogP contribution in [0.1, 0.15) is 113 Å². The molecule has 584 valence electrons. The van der Waals surface area contributed by atoms with Crippen molar-refractivity contribution in [3.05, 3.63) is 138 Å². The van der Waals surface area contributed by atoms with Crippen LogP contribution in [0.4, 0.5) is 0 Å². The van der Waals surface area contributed by atoms with Gasteiger partial charge in [-0.1, -0.05) is 136 Å². The highest BCUT2D eigenvalue weighted by atomic mass is 32.2. The van der Waals surface area contributed by atoms with Crippen molar-refractivity contribution in [2.75, 3.05) is 143 Å². The maximum Gasteiger partial charge on any atom is 0.326 e. The summed E-state index contributed by atoms with van der Waals surface area (Å²) in [5.74, 6) is -5.78. The number of rotatable bonds is 51. The second-order valence-corrected chi connectivity index (χ2v) is 30.0. The number of hydrogen-bond acceptors (Lipinski definition) is 17. The van der Waals surface area contributed by atoms with Crippen LogP contribution in [0.2, 0.25) is 0 Å². The molecular formula is C77H116N14O13S2. The number of aliphatic carboxylic acids is 1. The third-order valence-corrected chi connectivity index (χ3v) is 20.1. The van der Waals surface area contributed by atoms with E-state index in [0.717, 1.165) is 48.8 Å². The number of nitrogens with two attached hydrogens (primary N) is 4. The number of primary sulfonamides is 1. The zero-order chi connectivity index (χ0) is 77.2. The van der Waals surface area contributed by atoms with E-state index in [0.29, 0.717) is 88.9 Å². The molecule has 5 rings (SSSR count).